The van der Waals surface area contributed by atoms with Crippen molar-refractivity contribution in [3.05, 3.63) is 41.3 Å². The second-order valence-electron chi connectivity index (χ2n) is 3.19. The number of nitrogens with zero attached hydrogens (tertiary/aromatic N) is 1. The molecule has 0 fully saturated rings. The molecule has 2 nitrogen and oxygen atoms in total. The Kier molecular flexibility index (Phi) is 2.04. The average molecular weight is 232 g/mol. The summed E-state index contributed by atoms with van der Waals surface area (Å²) >= 11 is 3.45. The van der Waals surface area contributed by atoms with E-state index in [4.69, 9.17) is 5.73 Å². The highest BCUT2D eigenvalue weighted by Gasteiger charge is 2.15. The molecule has 1 aliphatic heterocycles. The highest BCUT2D eigenvalue weighted by molar-refractivity contribution is 8.01. The minimum Gasteiger partial charge on any atom is -0.383 e. The second-order valence-corrected chi connectivity index (χ2v) is 5.42. The number of hydrogen-bond donors (Lipinski definition) is 1. The first kappa shape index (κ1) is 9.00. The van der Waals surface area contributed by atoms with Crippen LogP contribution in [-0.2, 0) is 0 Å². The Bertz CT molecular complexity index is 543. The third-order valence-electron chi connectivity index (χ3n) is 2.21. The fourth-order valence-corrected chi connectivity index (χ4v) is 3.59. The number of aliphatic imine (C=N–C) groups is 1. The number of amidine groups is 1. The number of benzene rings is 1. The molecule has 1 aromatic carbocycles. The molecule has 0 saturated carbocycles. The van der Waals surface area contributed by atoms with E-state index in [1.807, 2.05) is 29.6 Å². The van der Waals surface area contributed by atoms with Crippen LogP contribution < -0.4 is 5.73 Å². The maximum atomic E-state index is 5.95. The van der Waals surface area contributed by atoms with E-state index in [0.29, 0.717) is 5.84 Å². The standard InChI is InChI=1S/C11H8N2S2/c12-10-7-5-6-14-11(7)15-9-4-2-1-3-8(9)13-10/h1-6H,(H2,12,13). The average Bonchev–Trinajstić information content (AvgIpc) is 2.64. The molecule has 2 N–H and O–H groups in total. The zero-order chi connectivity index (χ0) is 10.3. The first-order valence-corrected chi connectivity index (χ1v) is 6.23. The molecular weight excluding hydrogens is 224 g/mol. The fourth-order valence-electron chi connectivity index (χ4n) is 1.49. The van der Waals surface area contributed by atoms with Gasteiger partial charge in [-0.1, -0.05) is 23.9 Å². The van der Waals surface area contributed by atoms with Crippen LogP contribution in [0.3, 0.4) is 0 Å². The third-order valence-corrected chi connectivity index (χ3v) is 4.43. The van der Waals surface area contributed by atoms with E-state index < -0.39 is 0 Å². The Labute approximate surface area is 95.8 Å². The molecule has 4 heteroatoms. The van der Waals surface area contributed by atoms with E-state index >= 15 is 0 Å². The van der Waals surface area contributed by atoms with Crippen molar-refractivity contribution < 1.29 is 0 Å². The van der Waals surface area contributed by atoms with Gasteiger partial charge in [0.2, 0.25) is 0 Å². The zero-order valence-corrected chi connectivity index (χ0v) is 9.44. The van der Waals surface area contributed by atoms with Gasteiger partial charge >= 0.3 is 0 Å². The summed E-state index contributed by atoms with van der Waals surface area (Å²) in [5.41, 5.74) is 7.97. The van der Waals surface area contributed by atoms with Crippen molar-refractivity contribution in [2.24, 2.45) is 10.7 Å². The monoisotopic (exact) mass is 232 g/mol. The van der Waals surface area contributed by atoms with Crippen LogP contribution in [0.2, 0.25) is 0 Å². The van der Waals surface area contributed by atoms with E-state index in [-0.39, 0.29) is 0 Å². The summed E-state index contributed by atoms with van der Waals surface area (Å²) in [6, 6.07) is 10.1. The van der Waals surface area contributed by atoms with E-state index in [9.17, 15) is 0 Å². The van der Waals surface area contributed by atoms with Crippen LogP contribution in [0.1, 0.15) is 5.56 Å². The number of fused-ring (bicyclic) bond motifs is 2. The van der Waals surface area contributed by atoms with Gasteiger partial charge in [-0.15, -0.1) is 11.3 Å². The molecule has 0 bridgehead atoms. The van der Waals surface area contributed by atoms with Crippen LogP contribution >= 0.6 is 23.1 Å². The number of thiophene rings is 1. The summed E-state index contributed by atoms with van der Waals surface area (Å²) in [5, 5.41) is 2.05. The van der Waals surface area contributed by atoms with Crippen LogP contribution in [0.15, 0.2) is 49.8 Å². The molecular formula is C11H8N2S2. The summed E-state index contributed by atoms with van der Waals surface area (Å²) in [6.07, 6.45) is 0. The van der Waals surface area contributed by atoms with Gasteiger partial charge in [0.25, 0.3) is 0 Å². The van der Waals surface area contributed by atoms with Gasteiger partial charge < -0.3 is 5.73 Å². The molecule has 0 unspecified atom stereocenters. The van der Waals surface area contributed by atoms with Gasteiger partial charge in [0, 0.05) is 10.5 Å². The predicted octanol–water partition coefficient (Wildman–Crippen LogP) is 3.25. The Hall–Kier alpha value is -1.26. The molecule has 2 aromatic rings. The van der Waals surface area contributed by atoms with Gasteiger partial charge in [0.1, 0.15) is 5.84 Å². The Morgan fingerprint density at radius 3 is 2.93 bits per heavy atom. The molecule has 3 rings (SSSR count). The summed E-state index contributed by atoms with van der Waals surface area (Å²) in [4.78, 5) is 5.60. The van der Waals surface area contributed by atoms with Gasteiger partial charge in [-0.3, -0.25) is 0 Å². The topological polar surface area (TPSA) is 38.4 Å². The highest BCUT2D eigenvalue weighted by atomic mass is 32.2. The lowest BCUT2D eigenvalue weighted by atomic mass is 10.3. The van der Waals surface area contributed by atoms with E-state index in [2.05, 4.69) is 11.1 Å². The molecule has 0 aliphatic carbocycles. The number of hydrogen-bond acceptors (Lipinski definition) is 4. The lowest BCUT2D eigenvalue weighted by molar-refractivity contribution is 1.37. The maximum absolute atomic E-state index is 5.95. The van der Waals surface area contributed by atoms with Gasteiger partial charge in [0.05, 0.1) is 9.90 Å². The maximum Gasteiger partial charge on any atom is 0.133 e. The minimum atomic E-state index is 0.615. The van der Waals surface area contributed by atoms with Gasteiger partial charge in [-0.2, -0.15) is 0 Å². The van der Waals surface area contributed by atoms with Gasteiger partial charge in [0.15, 0.2) is 0 Å². The van der Waals surface area contributed by atoms with Gasteiger partial charge in [-0.05, 0) is 23.6 Å². The highest BCUT2D eigenvalue weighted by Crippen LogP contribution is 2.41. The summed E-state index contributed by atoms with van der Waals surface area (Å²) in [6.45, 7) is 0. The Balaban J connectivity index is 2.25. The van der Waals surface area contributed by atoms with Crippen molar-refractivity contribution in [2.45, 2.75) is 9.10 Å². The largest absolute Gasteiger partial charge is 0.383 e. The summed E-state index contributed by atoms with van der Waals surface area (Å²) < 4.78 is 1.22. The smallest absolute Gasteiger partial charge is 0.133 e. The second kappa shape index (κ2) is 3.40. The lowest BCUT2D eigenvalue weighted by Gasteiger charge is -1.99. The molecule has 2 heterocycles. The third kappa shape index (κ3) is 1.46. The van der Waals surface area contributed by atoms with Crippen molar-refractivity contribution >= 4 is 34.6 Å². The molecule has 74 valence electrons. The predicted molar refractivity (Wildman–Crippen MR) is 65.3 cm³/mol. The molecule has 0 atom stereocenters. The van der Waals surface area contributed by atoms with Crippen molar-refractivity contribution in [2.75, 3.05) is 0 Å². The van der Waals surface area contributed by atoms with E-state index in [1.165, 1.54) is 9.10 Å². The number of nitrogens with two attached hydrogens (primary N) is 1. The fraction of sp³-hybridized carbons (Fsp3) is 0. The normalized spacial score (nSPS) is 13.7. The summed E-state index contributed by atoms with van der Waals surface area (Å²) in [5.74, 6) is 0.615. The van der Waals surface area contributed by atoms with Crippen LogP contribution in [-0.4, -0.2) is 5.84 Å². The Morgan fingerprint density at radius 1 is 1.13 bits per heavy atom. The van der Waals surface area contributed by atoms with Gasteiger partial charge in [-0.25, -0.2) is 4.99 Å². The zero-order valence-electron chi connectivity index (χ0n) is 7.81. The molecule has 0 saturated heterocycles. The van der Waals surface area contributed by atoms with E-state index in [0.717, 1.165) is 11.3 Å². The molecule has 1 aliphatic rings. The first-order valence-electron chi connectivity index (χ1n) is 4.53. The summed E-state index contributed by atoms with van der Waals surface area (Å²) in [7, 11) is 0. The van der Waals surface area contributed by atoms with Crippen molar-refractivity contribution in [3.8, 4) is 0 Å². The molecule has 1 aromatic heterocycles. The molecule has 0 radical (unpaired) electrons. The minimum absolute atomic E-state index is 0.615. The molecule has 15 heavy (non-hydrogen) atoms. The van der Waals surface area contributed by atoms with Crippen molar-refractivity contribution in [3.63, 3.8) is 0 Å². The SMILES string of the molecule is NC1=Nc2ccccc2Sc2sccc21. The Morgan fingerprint density at radius 2 is 2.00 bits per heavy atom. The quantitative estimate of drug-likeness (QED) is 0.757. The number of rotatable bonds is 0. The van der Waals surface area contributed by atoms with Crippen LogP contribution in [0.4, 0.5) is 5.69 Å². The van der Waals surface area contributed by atoms with Crippen LogP contribution in [0.5, 0.6) is 0 Å². The van der Waals surface area contributed by atoms with E-state index in [1.54, 1.807) is 23.1 Å². The first-order chi connectivity index (χ1) is 7.34. The molecule has 0 amide bonds. The van der Waals surface area contributed by atoms with Crippen molar-refractivity contribution in [1.82, 2.24) is 0 Å². The number of para-hydroxylation sites is 1. The van der Waals surface area contributed by atoms with Crippen molar-refractivity contribution in [1.29, 1.82) is 0 Å². The molecule has 0 spiro atoms. The lowest BCUT2D eigenvalue weighted by Crippen LogP contribution is -2.11. The van der Waals surface area contributed by atoms with Crippen LogP contribution in [0.25, 0.3) is 0 Å². The van der Waals surface area contributed by atoms with Crippen LogP contribution in [0, 0.1) is 0 Å².